The number of fused-ring (bicyclic) bond motifs is 1. The number of nitrogens with zero attached hydrogens (tertiary/aromatic N) is 2. The fourth-order valence-corrected chi connectivity index (χ4v) is 5.87. The minimum atomic E-state index is -3.69. The number of halogens is 1. The molecule has 0 bridgehead atoms. The van der Waals surface area contributed by atoms with Crippen LogP contribution in [-0.4, -0.2) is 40.7 Å². The van der Waals surface area contributed by atoms with Crippen LogP contribution in [0, 0.1) is 5.92 Å². The van der Waals surface area contributed by atoms with Gasteiger partial charge in [-0.2, -0.15) is 0 Å². The summed E-state index contributed by atoms with van der Waals surface area (Å²) in [5.41, 5.74) is 2.03. The van der Waals surface area contributed by atoms with E-state index in [2.05, 4.69) is 16.8 Å². The molecule has 4 rings (SSSR count). The zero-order valence-corrected chi connectivity index (χ0v) is 20.0. The Bertz CT molecular complexity index is 1240. The summed E-state index contributed by atoms with van der Waals surface area (Å²) in [6, 6.07) is 10.6. The zero-order valence-electron chi connectivity index (χ0n) is 18.5. The van der Waals surface area contributed by atoms with Crippen molar-refractivity contribution >= 4 is 38.0 Å². The van der Waals surface area contributed by atoms with Crippen molar-refractivity contribution in [3.05, 3.63) is 53.2 Å². The number of ether oxygens (including phenoxy) is 2. The number of hydrogen-bond donors (Lipinski definition) is 0. The molecule has 1 aliphatic heterocycles. The van der Waals surface area contributed by atoms with Crippen LogP contribution in [0.3, 0.4) is 0 Å². The van der Waals surface area contributed by atoms with E-state index in [-0.39, 0.29) is 10.6 Å². The average Bonchev–Trinajstić information content (AvgIpc) is 2.78. The number of hydrogen-bond acceptors (Lipinski definition) is 6. The number of rotatable bonds is 6. The van der Waals surface area contributed by atoms with Crippen molar-refractivity contribution in [2.45, 2.75) is 30.4 Å². The summed E-state index contributed by atoms with van der Waals surface area (Å²) in [5, 5.41) is 1.38. The van der Waals surface area contributed by atoms with E-state index < -0.39 is 9.84 Å². The summed E-state index contributed by atoms with van der Waals surface area (Å²) in [4.78, 5) is 6.87. The van der Waals surface area contributed by atoms with Gasteiger partial charge < -0.3 is 14.4 Å². The number of aromatic nitrogens is 1. The van der Waals surface area contributed by atoms with E-state index in [0.29, 0.717) is 33.5 Å². The largest absolute Gasteiger partial charge is 0.493 e. The van der Waals surface area contributed by atoms with Crippen molar-refractivity contribution < 1.29 is 17.9 Å². The third kappa shape index (κ3) is 4.50. The third-order valence-electron chi connectivity index (χ3n) is 6.01. The van der Waals surface area contributed by atoms with Crippen molar-refractivity contribution in [1.29, 1.82) is 0 Å². The predicted molar refractivity (Wildman–Crippen MR) is 128 cm³/mol. The summed E-state index contributed by atoms with van der Waals surface area (Å²) >= 11 is 6.17. The van der Waals surface area contributed by atoms with Gasteiger partial charge in [0.05, 0.1) is 31.2 Å². The van der Waals surface area contributed by atoms with Gasteiger partial charge in [-0.1, -0.05) is 24.6 Å². The quantitative estimate of drug-likeness (QED) is 0.494. The van der Waals surface area contributed by atoms with Gasteiger partial charge >= 0.3 is 0 Å². The second-order valence-electron chi connectivity index (χ2n) is 8.25. The van der Waals surface area contributed by atoms with Crippen LogP contribution >= 0.6 is 11.6 Å². The smallest absolute Gasteiger partial charge is 0.186 e. The monoisotopic (exact) mass is 474 g/mol. The Labute approximate surface area is 194 Å². The normalized spacial score (nSPS) is 15.2. The fourth-order valence-electron chi connectivity index (χ4n) is 4.19. The molecule has 0 radical (unpaired) electrons. The molecule has 0 atom stereocenters. The van der Waals surface area contributed by atoms with Crippen LogP contribution in [0.5, 0.6) is 11.5 Å². The van der Waals surface area contributed by atoms with Crippen LogP contribution in [0.25, 0.3) is 10.9 Å². The van der Waals surface area contributed by atoms with Gasteiger partial charge in [-0.25, -0.2) is 8.42 Å². The van der Waals surface area contributed by atoms with E-state index in [9.17, 15) is 8.42 Å². The lowest BCUT2D eigenvalue weighted by molar-refractivity contribution is 0.354. The lowest BCUT2D eigenvalue weighted by Gasteiger charge is -2.34. The highest BCUT2D eigenvalue weighted by Gasteiger charge is 2.28. The first-order valence-corrected chi connectivity index (χ1v) is 12.6. The average molecular weight is 475 g/mol. The van der Waals surface area contributed by atoms with Gasteiger partial charge in [0.25, 0.3) is 0 Å². The molecule has 2 aromatic carbocycles. The molecule has 1 aliphatic rings. The van der Waals surface area contributed by atoms with E-state index in [1.807, 2.05) is 6.07 Å². The summed E-state index contributed by atoms with van der Waals surface area (Å²) in [7, 11) is -0.606. The lowest BCUT2D eigenvalue weighted by Crippen LogP contribution is -2.34. The van der Waals surface area contributed by atoms with Gasteiger partial charge in [0.1, 0.15) is 4.90 Å². The van der Waals surface area contributed by atoms with E-state index in [0.717, 1.165) is 37.0 Å². The van der Waals surface area contributed by atoms with Gasteiger partial charge in [-0.15, -0.1) is 0 Å². The molecule has 0 aliphatic carbocycles. The van der Waals surface area contributed by atoms with Crippen molar-refractivity contribution in [2.75, 3.05) is 32.2 Å². The molecule has 32 heavy (non-hydrogen) atoms. The molecule has 0 spiro atoms. The Morgan fingerprint density at radius 1 is 1.06 bits per heavy atom. The standard InChI is InChI=1S/C24H27ClN2O4S/c1-16-8-10-27(11-9-16)24-19-6-5-18(25)13-20(19)26-14-23(24)32(28,29)15-17-4-7-21(30-2)22(12-17)31-3/h4-7,12-14,16H,8-11,15H2,1-3H3. The van der Waals surface area contributed by atoms with Crippen molar-refractivity contribution in [1.82, 2.24) is 4.98 Å². The molecule has 2 heterocycles. The van der Waals surface area contributed by atoms with Crippen molar-refractivity contribution in [3.63, 3.8) is 0 Å². The Hall–Kier alpha value is -2.51. The first-order valence-electron chi connectivity index (χ1n) is 10.6. The van der Waals surface area contributed by atoms with Crippen LogP contribution in [0.2, 0.25) is 5.02 Å². The summed E-state index contributed by atoms with van der Waals surface area (Å²) < 4.78 is 37.9. The van der Waals surface area contributed by atoms with Gasteiger partial charge in [0.2, 0.25) is 0 Å². The molecule has 0 saturated carbocycles. The van der Waals surface area contributed by atoms with Gasteiger partial charge in [0, 0.05) is 29.7 Å². The maximum atomic E-state index is 13.6. The van der Waals surface area contributed by atoms with E-state index in [4.69, 9.17) is 21.1 Å². The van der Waals surface area contributed by atoms with E-state index >= 15 is 0 Å². The first kappa shape index (κ1) is 22.7. The molecular weight excluding hydrogens is 448 g/mol. The Morgan fingerprint density at radius 3 is 2.47 bits per heavy atom. The molecular formula is C24H27ClN2O4S. The SMILES string of the molecule is COc1ccc(CS(=O)(=O)c2cnc3cc(Cl)ccc3c2N2CCC(C)CC2)cc1OC. The fraction of sp³-hybridized carbons (Fsp3) is 0.375. The van der Waals surface area contributed by atoms with Crippen LogP contribution in [0.1, 0.15) is 25.3 Å². The number of pyridine rings is 1. The predicted octanol–water partition coefficient (Wildman–Crippen LogP) is 5.12. The second-order valence-corrected chi connectivity index (χ2v) is 10.6. The highest BCUT2D eigenvalue weighted by molar-refractivity contribution is 7.90. The Kier molecular flexibility index (Phi) is 6.49. The number of anilines is 1. The first-order chi connectivity index (χ1) is 15.3. The van der Waals surface area contributed by atoms with Gasteiger partial charge in [-0.3, -0.25) is 4.98 Å². The second kappa shape index (κ2) is 9.16. The topological polar surface area (TPSA) is 68.7 Å². The molecule has 6 nitrogen and oxygen atoms in total. The van der Waals surface area contributed by atoms with Crippen LogP contribution in [0.15, 0.2) is 47.5 Å². The van der Waals surface area contributed by atoms with Crippen LogP contribution < -0.4 is 14.4 Å². The van der Waals surface area contributed by atoms with Crippen LogP contribution in [-0.2, 0) is 15.6 Å². The van der Waals surface area contributed by atoms with Gasteiger partial charge in [0.15, 0.2) is 21.3 Å². The number of benzene rings is 2. The maximum absolute atomic E-state index is 13.6. The molecule has 3 aromatic rings. The number of methoxy groups -OCH3 is 2. The molecule has 0 amide bonds. The Balaban J connectivity index is 1.80. The molecule has 0 N–H and O–H groups in total. The summed E-state index contributed by atoms with van der Waals surface area (Å²) in [5.74, 6) is 1.52. The maximum Gasteiger partial charge on any atom is 0.186 e. The van der Waals surface area contributed by atoms with Crippen LogP contribution in [0.4, 0.5) is 5.69 Å². The highest BCUT2D eigenvalue weighted by Crippen LogP contribution is 2.38. The van der Waals surface area contributed by atoms with Crippen molar-refractivity contribution in [3.8, 4) is 11.5 Å². The molecule has 1 aromatic heterocycles. The van der Waals surface area contributed by atoms with Gasteiger partial charge in [-0.05, 0) is 54.7 Å². The number of piperidine rings is 1. The van der Waals surface area contributed by atoms with Crippen molar-refractivity contribution in [2.24, 2.45) is 5.92 Å². The Morgan fingerprint density at radius 2 is 1.78 bits per heavy atom. The molecule has 0 unspecified atom stereocenters. The van der Waals surface area contributed by atoms with E-state index in [1.54, 1.807) is 37.4 Å². The lowest BCUT2D eigenvalue weighted by atomic mass is 9.98. The minimum Gasteiger partial charge on any atom is -0.493 e. The number of sulfone groups is 1. The molecule has 170 valence electrons. The summed E-state index contributed by atoms with van der Waals surface area (Å²) in [6.07, 6.45) is 3.52. The minimum absolute atomic E-state index is 0.161. The zero-order chi connectivity index (χ0) is 22.9. The molecule has 1 saturated heterocycles. The van der Waals surface area contributed by atoms with E-state index in [1.165, 1.54) is 13.3 Å². The molecule has 8 heteroatoms. The third-order valence-corrected chi connectivity index (χ3v) is 7.93. The highest BCUT2D eigenvalue weighted by atomic mass is 35.5. The summed E-state index contributed by atoms with van der Waals surface area (Å²) in [6.45, 7) is 3.85. The molecule has 1 fully saturated rings.